The molecule has 2 aromatic heterocycles. The summed E-state index contributed by atoms with van der Waals surface area (Å²) in [6.07, 6.45) is -6.56. The van der Waals surface area contributed by atoms with Crippen molar-refractivity contribution in [2.45, 2.75) is 18.9 Å². The molecule has 0 saturated carbocycles. The van der Waals surface area contributed by atoms with Crippen molar-refractivity contribution < 1.29 is 55.7 Å². The molecule has 0 fully saturated rings. The van der Waals surface area contributed by atoms with Crippen LogP contribution in [-0.4, -0.2) is 62.7 Å². The van der Waals surface area contributed by atoms with Crippen LogP contribution in [0.2, 0.25) is 0 Å². The van der Waals surface area contributed by atoms with E-state index in [4.69, 9.17) is 24.5 Å². The van der Waals surface area contributed by atoms with E-state index in [0.29, 0.717) is 11.6 Å². The summed E-state index contributed by atoms with van der Waals surface area (Å²) >= 11 is 1.38. The van der Waals surface area contributed by atoms with Gasteiger partial charge in [-0.1, -0.05) is 18.2 Å². The lowest BCUT2D eigenvalue weighted by molar-refractivity contribution is -0.193. The first-order chi connectivity index (χ1) is 18.6. The molecule has 2 aromatic carbocycles. The third kappa shape index (κ3) is 9.57. The van der Waals surface area contributed by atoms with Crippen molar-refractivity contribution >= 4 is 39.4 Å². The summed E-state index contributed by atoms with van der Waals surface area (Å²) < 4.78 is 69.6. The molecule has 0 aliphatic rings. The van der Waals surface area contributed by atoms with Crippen molar-refractivity contribution in [2.75, 3.05) is 7.11 Å². The lowest BCUT2D eigenvalue weighted by atomic mass is 10.1. The van der Waals surface area contributed by atoms with Crippen LogP contribution in [-0.2, 0) is 16.1 Å². The van der Waals surface area contributed by atoms with Crippen molar-refractivity contribution in [3.63, 3.8) is 0 Å². The van der Waals surface area contributed by atoms with Gasteiger partial charge in [0.1, 0.15) is 5.75 Å². The third-order valence-corrected chi connectivity index (χ3v) is 5.50. The minimum Gasteiger partial charge on any atom is -0.497 e. The fourth-order valence-electron chi connectivity index (χ4n) is 2.65. The Morgan fingerprint density at radius 2 is 1.60 bits per heavy atom. The quantitative estimate of drug-likeness (QED) is 0.239. The summed E-state index contributed by atoms with van der Waals surface area (Å²) in [5.41, 5.74) is 3.83. The normalized spacial score (nSPS) is 11.0. The standard InChI is InChI=1S/C19H16N4O2S.2C2HF3O2/c1-25-15-4-2-3-12(7-15)9-20-18(24)19-23-16-6-5-13(8-17(16)26-19)14-10-21-22-11-14;2*3-2(4,5)1(6)7/h2-8,10-11H,9H2,1H3,(H,20,24)(H,21,22);2*(H,6,7). The number of benzene rings is 2. The summed E-state index contributed by atoms with van der Waals surface area (Å²) in [5.74, 6) is -4.93. The highest BCUT2D eigenvalue weighted by molar-refractivity contribution is 7.20. The molecule has 1 amide bonds. The van der Waals surface area contributed by atoms with Gasteiger partial charge in [0.25, 0.3) is 5.91 Å². The molecule has 0 spiro atoms. The van der Waals surface area contributed by atoms with E-state index in [-0.39, 0.29) is 5.91 Å². The van der Waals surface area contributed by atoms with Crippen LogP contribution < -0.4 is 10.1 Å². The van der Waals surface area contributed by atoms with Gasteiger partial charge in [-0.2, -0.15) is 31.4 Å². The number of methoxy groups -OCH3 is 1. The molecular formula is C23H18F6N4O6S. The first-order valence-electron chi connectivity index (χ1n) is 10.5. The number of hydrogen-bond acceptors (Lipinski definition) is 7. The number of hydrogen-bond donors (Lipinski definition) is 4. The first-order valence-corrected chi connectivity index (χ1v) is 11.3. The minimum atomic E-state index is -5.08. The highest BCUT2D eigenvalue weighted by atomic mass is 32.1. The van der Waals surface area contributed by atoms with Crippen LogP contribution in [0.1, 0.15) is 15.4 Å². The topological polar surface area (TPSA) is 154 Å². The van der Waals surface area contributed by atoms with Crippen LogP contribution in [0.4, 0.5) is 26.3 Å². The van der Waals surface area contributed by atoms with Gasteiger partial charge in [0.15, 0.2) is 5.01 Å². The molecule has 0 radical (unpaired) electrons. The number of ether oxygens (including phenoxy) is 1. The Kier molecular flexibility index (Phi) is 10.6. The highest BCUT2D eigenvalue weighted by Gasteiger charge is 2.38. The lowest BCUT2D eigenvalue weighted by Crippen LogP contribution is -2.22. The second kappa shape index (κ2) is 13.4. The van der Waals surface area contributed by atoms with E-state index in [1.54, 1.807) is 13.3 Å². The largest absolute Gasteiger partial charge is 0.497 e. The van der Waals surface area contributed by atoms with Crippen LogP contribution in [0.25, 0.3) is 21.3 Å². The maximum atomic E-state index is 12.4. The molecule has 10 nitrogen and oxygen atoms in total. The summed E-state index contributed by atoms with van der Waals surface area (Å²) in [5, 5.41) is 24.4. The number of halogens is 6. The van der Waals surface area contributed by atoms with Crippen LogP contribution in [0.15, 0.2) is 54.9 Å². The predicted octanol–water partition coefficient (Wildman–Crippen LogP) is 4.89. The zero-order chi connectivity index (χ0) is 30.1. The van der Waals surface area contributed by atoms with E-state index in [0.717, 1.165) is 32.7 Å². The van der Waals surface area contributed by atoms with Crippen LogP contribution in [0.3, 0.4) is 0 Å². The van der Waals surface area contributed by atoms with E-state index in [2.05, 4.69) is 20.5 Å². The Morgan fingerprint density at radius 1 is 0.975 bits per heavy atom. The molecule has 0 aliphatic heterocycles. The predicted molar refractivity (Wildman–Crippen MR) is 129 cm³/mol. The Bertz CT molecular complexity index is 1430. The van der Waals surface area contributed by atoms with Crippen LogP contribution >= 0.6 is 11.3 Å². The molecule has 0 bridgehead atoms. The molecule has 0 atom stereocenters. The van der Waals surface area contributed by atoms with Gasteiger partial charge in [0.05, 0.1) is 23.5 Å². The van der Waals surface area contributed by atoms with Gasteiger partial charge in [-0.05, 0) is 35.4 Å². The fourth-order valence-corrected chi connectivity index (χ4v) is 3.57. The molecular weight excluding hydrogens is 574 g/mol. The minimum absolute atomic E-state index is 0.182. The monoisotopic (exact) mass is 592 g/mol. The number of alkyl halides is 6. The molecule has 2 heterocycles. The Morgan fingerprint density at radius 3 is 2.12 bits per heavy atom. The van der Waals surface area contributed by atoms with Gasteiger partial charge in [-0.25, -0.2) is 14.6 Å². The molecule has 0 aliphatic carbocycles. The fraction of sp³-hybridized carbons (Fsp3) is 0.174. The number of aliphatic carboxylic acids is 2. The number of aromatic nitrogens is 3. The zero-order valence-electron chi connectivity index (χ0n) is 20.0. The smallest absolute Gasteiger partial charge is 0.490 e. The number of H-pyrrole nitrogens is 1. The van der Waals surface area contributed by atoms with Crippen molar-refractivity contribution in [1.29, 1.82) is 0 Å². The maximum absolute atomic E-state index is 12.4. The summed E-state index contributed by atoms with van der Waals surface area (Å²) in [4.78, 5) is 34.7. The van der Waals surface area contributed by atoms with Gasteiger partial charge >= 0.3 is 24.3 Å². The number of rotatable bonds is 5. The van der Waals surface area contributed by atoms with E-state index >= 15 is 0 Å². The number of amides is 1. The maximum Gasteiger partial charge on any atom is 0.490 e. The van der Waals surface area contributed by atoms with E-state index < -0.39 is 24.3 Å². The van der Waals surface area contributed by atoms with Gasteiger partial charge < -0.3 is 20.3 Å². The highest BCUT2D eigenvalue weighted by Crippen LogP contribution is 2.28. The van der Waals surface area contributed by atoms with Crippen molar-refractivity contribution in [3.05, 3.63) is 65.4 Å². The van der Waals surface area contributed by atoms with Gasteiger partial charge in [0.2, 0.25) is 0 Å². The Hall–Kier alpha value is -4.67. The molecule has 4 rings (SSSR count). The zero-order valence-corrected chi connectivity index (χ0v) is 20.8. The number of carboxylic acids is 2. The van der Waals surface area contributed by atoms with Crippen LogP contribution in [0.5, 0.6) is 5.75 Å². The number of carboxylic acid groups (broad SMARTS) is 2. The molecule has 40 heavy (non-hydrogen) atoms. The summed E-state index contributed by atoms with van der Waals surface area (Å²) in [6.45, 7) is 0.423. The number of fused-ring (bicyclic) bond motifs is 1. The van der Waals surface area contributed by atoms with Crippen LogP contribution in [0, 0.1) is 0 Å². The lowest BCUT2D eigenvalue weighted by Gasteiger charge is -2.05. The summed E-state index contributed by atoms with van der Waals surface area (Å²) in [6, 6.07) is 13.5. The number of carbonyl (C=O) groups is 3. The molecule has 4 aromatic rings. The second-order valence-electron chi connectivity index (χ2n) is 7.33. The average molecular weight is 592 g/mol. The SMILES string of the molecule is COc1cccc(CNC(=O)c2nc3ccc(-c4cn[nH]c4)cc3s2)c1.O=C(O)C(F)(F)F.O=C(O)C(F)(F)F. The number of aromatic amines is 1. The van der Waals surface area contributed by atoms with E-state index in [9.17, 15) is 31.1 Å². The van der Waals surface area contributed by atoms with Crippen molar-refractivity contribution in [2.24, 2.45) is 0 Å². The number of nitrogens with zero attached hydrogens (tertiary/aromatic N) is 2. The molecule has 214 valence electrons. The molecule has 17 heteroatoms. The molecule has 0 unspecified atom stereocenters. The number of nitrogens with one attached hydrogen (secondary N) is 2. The Balaban J connectivity index is 0.000000333. The second-order valence-corrected chi connectivity index (χ2v) is 8.36. The Labute approximate surface area is 224 Å². The van der Waals surface area contributed by atoms with Gasteiger partial charge in [0, 0.05) is 18.3 Å². The first kappa shape index (κ1) is 31.5. The van der Waals surface area contributed by atoms with E-state index in [1.807, 2.05) is 48.7 Å². The summed E-state index contributed by atoms with van der Waals surface area (Å²) in [7, 11) is 1.62. The van der Waals surface area contributed by atoms with Crippen molar-refractivity contribution in [3.8, 4) is 16.9 Å². The number of carbonyl (C=O) groups excluding carboxylic acids is 1. The number of thiazole rings is 1. The third-order valence-electron chi connectivity index (χ3n) is 4.49. The van der Waals surface area contributed by atoms with Crippen molar-refractivity contribution in [1.82, 2.24) is 20.5 Å². The average Bonchev–Trinajstić information content (AvgIpc) is 3.57. The van der Waals surface area contributed by atoms with Gasteiger partial charge in [-0.15, -0.1) is 11.3 Å². The van der Waals surface area contributed by atoms with E-state index in [1.165, 1.54) is 11.3 Å². The molecule has 0 saturated heterocycles. The molecule has 4 N–H and O–H groups in total. The van der Waals surface area contributed by atoms with Gasteiger partial charge in [-0.3, -0.25) is 9.89 Å².